The van der Waals surface area contributed by atoms with Crippen LogP contribution in [0.15, 0.2) is 40.6 Å². The van der Waals surface area contributed by atoms with E-state index in [0.717, 1.165) is 25.7 Å². The van der Waals surface area contributed by atoms with E-state index in [2.05, 4.69) is 26.2 Å². The molecule has 2 aliphatic heterocycles. The van der Waals surface area contributed by atoms with Gasteiger partial charge in [0, 0.05) is 49.3 Å². The van der Waals surface area contributed by atoms with Gasteiger partial charge in [-0.2, -0.15) is 10.2 Å². The Morgan fingerprint density at radius 1 is 0.959 bits per heavy atom. The average molecular weight is 681 g/mol. The molecule has 1 fully saturated rings. The normalized spacial score (nSPS) is 15.9. The first-order valence-corrected chi connectivity index (χ1v) is 16.2. The van der Waals surface area contributed by atoms with E-state index >= 15 is 0 Å². The number of unbranched alkanes of at least 4 members (excludes halogenated alkanes) is 3. The summed E-state index contributed by atoms with van der Waals surface area (Å²) >= 11 is 0. The summed E-state index contributed by atoms with van der Waals surface area (Å²) in [5, 5.41) is 16.6. The van der Waals surface area contributed by atoms with E-state index in [1.54, 1.807) is 30.3 Å². The molecule has 0 radical (unpaired) electrons. The smallest absolute Gasteiger partial charge is 0.407 e. The van der Waals surface area contributed by atoms with E-state index in [1.165, 1.54) is 19.1 Å². The summed E-state index contributed by atoms with van der Waals surface area (Å²) in [6.07, 6.45) is 3.36. The molecule has 15 heteroatoms. The Labute approximate surface area is 285 Å². The van der Waals surface area contributed by atoms with Crippen molar-refractivity contribution < 1.29 is 42.9 Å². The first kappa shape index (κ1) is 36.6. The molecule has 4 rings (SSSR count). The zero-order valence-corrected chi connectivity index (χ0v) is 28.6. The van der Waals surface area contributed by atoms with E-state index in [4.69, 9.17) is 18.9 Å². The number of ether oxygens (including phenoxy) is 4. The molecule has 0 aliphatic carbocycles. The van der Waals surface area contributed by atoms with Gasteiger partial charge in [0.2, 0.25) is 17.6 Å². The van der Waals surface area contributed by atoms with Gasteiger partial charge in [0.05, 0.1) is 25.6 Å². The number of nitrogens with one attached hydrogen (secondary N) is 3. The minimum atomic E-state index is -0.739. The quantitative estimate of drug-likeness (QED) is 0.139. The van der Waals surface area contributed by atoms with E-state index < -0.39 is 23.6 Å². The molecule has 2 aliphatic rings. The number of piperidine rings is 1. The minimum absolute atomic E-state index is 0.157. The fourth-order valence-corrected chi connectivity index (χ4v) is 5.37. The monoisotopic (exact) mass is 680 g/mol. The molecular formula is C34H44N6O9. The van der Waals surface area contributed by atoms with E-state index in [9.17, 15) is 24.0 Å². The van der Waals surface area contributed by atoms with Crippen molar-refractivity contribution in [1.82, 2.24) is 20.9 Å². The lowest BCUT2D eigenvalue weighted by atomic mass is 10.0. The number of amides is 5. The van der Waals surface area contributed by atoms with Gasteiger partial charge in [0.15, 0.2) is 18.1 Å². The third kappa shape index (κ3) is 10.1. The molecule has 2 aromatic rings. The molecule has 264 valence electrons. The minimum Gasteiger partial charge on any atom is -0.493 e. The van der Waals surface area contributed by atoms with E-state index in [1.807, 2.05) is 20.8 Å². The third-order valence-electron chi connectivity index (χ3n) is 7.72. The lowest BCUT2D eigenvalue weighted by Gasteiger charge is -2.29. The molecule has 1 unspecified atom stereocenters. The Hall–Kier alpha value is -5.21. The second-order valence-corrected chi connectivity index (χ2v) is 12.6. The van der Waals surface area contributed by atoms with Crippen LogP contribution in [0.5, 0.6) is 17.2 Å². The number of azo groups is 1. The summed E-state index contributed by atoms with van der Waals surface area (Å²) in [6, 6.07) is 7.51. The van der Waals surface area contributed by atoms with Crippen LogP contribution < -0.4 is 30.2 Å². The Morgan fingerprint density at radius 2 is 1.63 bits per heavy atom. The highest BCUT2D eigenvalue weighted by molar-refractivity contribution is 6.06. The average Bonchev–Trinajstić information content (AvgIpc) is 3.39. The number of hydrogen-bond acceptors (Lipinski definition) is 11. The van der Waals surface area contributed by atoms with E-state index in [0.29, 0.717) is 35.6 Å². The highest BCUT2D eigenvalue weighted by Gasteiger charge is 2.40. The van der Waals surface area contributed by atoms with Crippen LogP contribution in [-0.2, 0) is 25.7 Å². The Balaban J connectivity index is 1.28. The Kier molecular flexibility index (Phi) is 12.5. The zero-order chi connectivity index (χ0) is 35.6. The maximum atomic E-state index is 13.1. The second kappa shape index (κ2) is 16.8. The number of rotatable bonds is 15. The second-order valence-electron chi connectivity index (χ2n) is 12.6. The molecule has 2 aromatic carbocycles. The van der Waals surface area contributed by atoms with Crippen molar-refractivity contribution in [3.63, 3.8) is 0 Å². The molecule has 0 bridgehead atoms. The van der Waals surface area contributed by atoms with Crippen molar-refractivity contribution in [3.05, 3.63) is 41.5 Å². The highest BCUT2D eigenvalue weighted by atomic mass is 16.6. The van der Waals surface area contributed by atoms with Gasteiger partial charge in [0.1, 0.15) is 11.6 Å². The third-order valence-corrected chi connectivity index (χ3v) is 7.72. The lowest BCUT2D eigenvalue weighted by molar-refractivity contribution is -0.137. The fraction of sp³-hybridized carbons (Fsp3) is 0.500. The van der Waals surface area contributed by atoms with Crippen LogP contribution in [0.3, 0.4) is 0 Å². The molecule has 0 saturated carbocycles. The molecule has 0 spiro atoms. The summed E-state index contributed by atoms with van der Waals surface area (Å²) < 4.78 is 22.0. The predicted octanol–water partition coefficient (Wildman–Crippen LogP) is 4.46. The number of methoxy groups -OCH3 is 2. The standard InChI is InChI=1S/C34H44N6O9/c1-34(2,3)49-33(45)36-16-9-7-6-8-15-35-29(42)20-48-30-26(46-4)17-21(18-27(30)47-5)38-39-24-12-10-11-22-23(24)19-40(32(22)44)25-13-14-28(41)37-31(25)43/h10-12,17-18,25H,6-9,13-16,19-20H2,1-5H3,(H,35,42)(H,36,45)(H,37,41,43). The molecule has 1 saturated heterocycles. The summed E-state index contributed by atoms with van der Waals surface area (Å²) in [6.45, 7) is 6.35. The van der Waals surface area contributed by atoms with Gasteiger partial charge in [-0.25, -0.2) is 4.79 Å². The number of alkyl carbamates (subject to hydrolysis) is 1. The molecule has 49 heavy (non-hydrogen) atoms. The maximum Gasteiger partial charge on any atom is 0.407 e. The molecule has 2 heterocycles. The number of fused-ring (bicyclic) bond motifs is 1. The maximum absolute atomic E-state index is 13.1. The number of hydrogen-bond donors (Lipinski definition) is 3. The number of benzene rings is 2. The van der Waals surface area contributed by atoms with Crippen molar-refractivity contribution in [2.45, 2.75) is 77.5 Å². The van der Waals surface area contributed by atoms with Crippen molar-refractivity contribution in [1.29, 1.82) is 0 Å². The first-order valence-electron chi connectivity index (χ1n) is 16.2. The molecule has 0 aromatic heterocycles. The SMILES string of the molecule is COc1cc(N=Nc2cccc3c2CN(C2CCC(=O)NC2=O)C3=O)cc(OC)c1OCC(=O)NCCCCCCNC(=O)OC(C)(C)C. The van der Waals surface area contributed by atoms with Gasteiger partial charge in [0.25, 0.3) is 11.8 Å². The van der Waals surface area contributed by atoms with E-state index in [-0.39, 0.29) is 61.0 Å². The Morgan fingerprint density at radius 3 is 2.27 bits per heavy atom. The molecule has 1 atom stereocenters. The van der Waals surface area contributed by atoms with Crippen molar-refractivity contribution in [2.24, 2.45) is 10.2 Å². The molecule has 3 N–H and O–H groups in total. The van der Waals surface area contributed by atoms with Gasteiger partial charge in [-0.3, -0.25) is 24.5 Å². The summed E-state index contributed by atoms with van der Waals surface area (Å²) in [7, 11) is 2.90. The van der Waals surface area contributed by atoms with Crippen LogP contribution in [0.2, 0.25) is 0 Å². The first-order chi connectivity index (χ1) is 23.4. The van der Waals surface area contributed by atoms with Gasteiger partial charge >= 0.3 is 6.09 Å². The van der Waals surface area contributed by atoms with Crippen LogP contribution in [0.4, 0.5) is 16.2 Å². The molecule has 5 amide bonds. The van der Waals surface area contributed by atoms with Crippen LogP contribution in [0, 0.1) is 0 Å². The van der Waals surface area contributed by atoms with Gasteiger partial charge in [-0.1, -0.05) is 18.9 Å². The largest absolute Gasteiger partial charge is 0.493 e. The topological polar surface area (TPSA) is 186 Å². The summed E-state index contributed by atoms with van der Waals surface area (Å²) in [4.78, 5) is 62.7. The summed E-state index contributed by atoms with van der Waals surface area (Å²) in [5.41, 5.74) is 1.34. The number of carbonyl (C=O) groups is 5. The van der Waals surface area contributed by atoms with Crippen LogP contribution in [0.1, 0.15) is 75.2 Å². The van der Waals surface area contributed by atoms with Gasteiger partial charge in [-0.15, -0.1) is 0 Å². The molecular weight excluding hydrogens is 636 g/mol. The predicted molar refractivity (Wildman–Crippen MR) is 177 cm³/mol. The highest BCUT2D eigenvalue weighted by Crippen LogP contribution is 2.42. The van der Waals surface area contributed by atoms with Crippen molar-refractivity contribution in [2.75, 3.05) is 33.9 Å². The van der Waals surface area contributed by atoms with Crippen LogP contribution in [-0.4, -0.2) is 80.2 Å². The van der Waals surface area contributed by atoms with Gasteiger partial charge in [-0.05, 0) is 52.2 Å². The number of imide groups is 1. The van der Waals surface area contributed by atoms with Crippen LogP contribution >= 0.6 is 0 Å². The molecule has 15 nitrogen and oxygen atoms in total. The zero-order valence-electron chi connectivity index (χ0n) is 28.6. The summed E-state index contributed by atoms with van der Waals surface area (Å²) in [5.74, 6) is -0.674. The fourth-order valence-electron chi connectivity index (χ4n) is 5.37. The van der Waals surface area contributed by atoms with Crippen LogP contribution in [0.25, 0.3) is 0 Å². The number of carbonyl (C=O) groups excluding carboxylic acids is 5. The number of nitrogens with zero attached hydrogens (tertiary/aromatic N) is 3. The Bertz CT molecular complexity index is 1560. The van der Waals surface area contributed by atoms with Crippen molar-refractivity contribution in [3.8, 4) is 17.2 Å². The van der Waals surface area contributed by atoms with Crippen molar-refractivity contribution >= 4 is 41.1 Å². The lowest BCUT2D eigenvalue weighted by Crippen LogP contribution is -2.52. The van der Waals surface area contributed by atoms with Gasteiger partial charge < -0.3 is 34.5 Å².